The van der Waals surface area contributed by atoms with Gasteiger partial charge in [-0.05, 0) is 12.8 Å². The molecule has 1 aliphatic rings. The topological polar surface area (TPSA) is 116 Å². The Labute approximate surface area is 141 Å². The van der Waals surface area contributed by atoms with Crippen LogP contribution in [0.5, 0.6) is 0 Å². The van der Waals surface area contributed by atoms with Crippen LogP contribution in [-0.4, -0.2) is 65.6 Å². The number of ether oxygens (including phenoxy) is 1. The maximum Gasteiger partial charge on any atom is 0.305 e. The fourth-order valence-corrected chi connectivity index (χ4v) is 5.46. The Morgan fingerprint density at radius 2 is 1.87 bits per heavy atom. The number of esters is 1. The number of rotatable bonds is 9. The molecule has 3 unspecified atom stereocenters. The quantitative estimate of drug-likeness (QED) is 0.335. The molecule has 0 amide bonds. The van der Waals surface area contributed by atoms with Gasteiger partial charge in [0.15, 0.2) is 0 Å². The van der Waals surface area contributed by atoms with Crippen molar-refractivity contribution < 1.29 is 30.6 Å². The van der Waals surface area contributed by atoms with E-state index < -0.39 is 32.3 Å². The van der Waals surface area contributed by atoms with E-state index in [9.17, 15) is 21.6 Å². The number of hydrogen-bond donors (Lipinski definition) is 1. The Balaban J connectivity index is 2.64. The van der Waals surface area contributed by atoms with Crippen LogP contribution in [0, 0.1) is 0 Å². The lowest BCUT2D eigenvalue weighted by Gasteiger charge is -2.23. The number of thioether (sulfide) groups is 1. The molecule has 1 fully saturated rings. The van der Waals surface area contributed by atoms with E-state index >= 15 is 0 Å². The molecule has 1 rings (SSSR count). The van der Waals surface area contributed by atoms with Gasteiger partial charge >= 0.3 is 5.97 Å². The highest BCUT2D eigenvalue weighted by molar-refractivity contribution is 8.00. The molecule has 0 bridgehead atoms. The second-order valence-electron chi connectivity index (χ2n) is 5.46. The molecule has 0 aliphatic carbocycles. The summed E-state index contributed by atoms with van der Waals surface area (Å²) in [5.41, 5.74) is 0. The SMILES string of the molecule is COC(=O)CCCCC1SCC(NS(C)(=O)=O)C1OS(C)(=O)=O. The van der Waals surface area contributed by atoms with Gasteiger partial charge in [-0.2, -0.15) is 20.2 Å². The van der Waals surface area contributed by atoms with Gasteiger partial charge in [0.2, 0.25) is 10.0 Å². The number of methoxy groups -OCH3 is 1. The molecule has 3 atom stereocenters. The van der Waals surface area contributed by atoms with Gasteiger partial charge in [0, 0.05) is 17.4 Å². The number of nitrogens with one attached hydrogen (secondary N) is 1. The van der Waals surface area contributed by atoms with Crippen LogP contribution >= 0.6 is 11.8 Å². The van der Waals surface area contributed by atoms with Gasteiger partial charge in [-0.3, -0.25) is 8.98 Å². The normalized spacial score (nSPS) is 25.4. The summed E-state index contributed by atoms with van der Waals surface area (Å²) in [6.45, 7) is 0. The predicted molar refractivity (Wildman–Crippen MR) is 88.2 cm³/mol. The van der Waals surface area contributed by atoms with Crippen LogP contribution in [0.4, 0.5) is 0 Å². The molecular formula is C12H23NO7S3. The molecule has 1 aliphatic heterocycles. The maximum atomic E-state index is 11.4. The highest BCUT2D eigenvalue weighted by atomic mass is 32.2. The van der Waals surface area contributed by atoms with E-state index in [1.165, 1.54) is 18.9 Å². The molecule has 23 heavy (non-hydrogen) atoms. The second-order valence-corrected chi connectivity index (χ2v) is 10.1. The summed E-state index contributed by atoms with van der Waals surface area (Å²) in [4.78, 5) is 11.1. The minimum absolute atomic E-state index is 0.151. The van der Waals surface area contributed by atoms with E-state index in [-0.39, 0.29) is 11.2 Å². The van der Waals surface area contributed by atoms with E-state index in [4.69, 9.17) is 4.18 Å². The number of unbranched alkanes of at least 4 members (excludes halogenated alkanes) is 1. The molecule has 0 aromatic heterocycles. The van der Waals surface area contributed by atoms with Crippen LogP contribution in [0.25, 0.3) is 0 Å². The summed E-state index contributed by atoms with van der Waals surface area (Å²) in [6.07, 6.45) is 3.48. The largest absolute Gasteiger partial charge is 0.469 e. The third-order valence-corrected chi connectivity index (χ3v) is 6.04. The molecule has 0 radical (unpaired) electrons. The third kappa shape index (κ3) is 8.34. The molecule has 0 aromatic rings. The van der Waals surface area contributed by atoms with Gasteiger partial charge in [0.1, 0.15) is 6.10 Å². The third-order valence-electron chi connectivity index (χ3n) is 3.25. The lowest BCUT2D eigenvalue weighted by Crippen LogP contribution is -2.46. The summed E-state index contributed by atoms with van der Waals surface area (Å²) >= 11 is 1.47. The maximum absolute atomic E-state index is 11.4. The second kappa shape index (κ2) is 8.65. The van der Waals surface area contributed by atoms with Crippen molar-refractivity contribution in [2.75, 3.05) is 25.4 Å². The predicted octanol–water partition coefficient (Wildman–Crippen LogP) is 0.0978. The Hall–Kier alpha value is -0.360. The van der Waals surface area contributed by atoms with Crippen LogP contribution in [0.1, 0.15) is 25.7 Å². The lowest BCUT2D eigenvalue weighted by molar-refractivity contribution is -0.140. The molecule has 0 aromatic carbocycles. The van der Waals surface area contributed by atoms with Crippen molar-refractivity contribution in [3.05, 3.63) is 0 Å². The van der Waals surface area contributed by atoms with Crippen LogP contribution in [0.2, 0.25) is 0 Å². The number of carbonyl (C=O) groups excluding carboxylic acids is 1. The fourth-order valence-electron chi connectivity index (χ4n) is 2.35. The monoisotopic (exact) mass is 389 g/mol. The van der Waals surface area contributed by atoms with Crippen molar-refractivity contribution in [3.8, 4) is 0 Å². The Morgan fingerprint density at radius 1 is 1.22 bits per heavy atom. The lowest BCUT2D eigenvalue weighted by atomic mass is 10.0. The first-order valence-corrected chi connectivity index (χ1v) is 11.8. The summed E-state index contributed by atoms with van der Waals surface area (Å²) in [5, 5.41) is -0.151. The summed E-state index contributed by atoms with van der Waals surface area (Å²) in [5.74, 6) is 0.152. The standard InChI is InChI=1S/C12H23NO7S3/c1-19-11(14)7-5-4-6-10-12(20-23(3,17)18)9(8-21-10)13-22(2,15)16/h9-10,12-13H,4-8H2,1-3H3. The first-order chi connectivity index (χ1) is 10.5. The van der Waals surface area contributed by atoms with Gasteiger partial charge in [0.25, 0.3) is 10.1 Å². The molecule has 11 heteroatoms. The van der Waals surface area contributed by atoms with Gasteiger partial charge in [-0.15, -0.1) is 0 Å². The van der Waals surface area contributed by atoms with Crippen molar-refractivity contribution in [2.24, 2.45) is 0 Å². The average Bonchev–Trinajstić information content (AvgIpc) is 2.73. The van der Waals surface area contributed by atoms with Gasteiger partial charge in [-0.1, -0.05) is 6.42 Å². The average molecular weight is 390 g/mol. The molecule has 0 saturated carbocycles. The van der Waals surface area contributed by atoms with E-state index in [1.54, 1.807) is 0 Å². The molecule has 8 nitrogen and oxygen atoms in total. The molecule has 1 saturated heterocycles. The van der Waals surface area contributed by atoms with Crippen molar-refractivity contribution in [3.63, 3.8) is 0 Å². The van der Waals surface area contributed by atoms with Crippen molar-refractivity contribution in [2.45, 2.75) is 43.1 Å². The zero-order valence-corrected chi connectivity index (χ0v) is 15.8. The number of hydrogen-bond acceptors (Lipinski definition) is 8. The van der Waals surface area contributed by atoms with Crippen LogP contribution in [0.15, 0.2) is 0 Å². The number of carbonyl (C=O) groups is 1. The molecular weight excluding hydrogens is 366 g/mol. The first kappa shape index (κ1) is 20.7. The van der Waals surface area contributed by atoms with E-state index in [2.05, 4.69) is 9.46 Å². The minimum Gasteiger partial charge on any atom is -0.469 e. The van der Waals surface area contributed by atoms with Crippen molar-refractivity contribution in [1.29, 1.82) is 0 Å². The first-order valence-electron chi connectivity index (χ1n) is 7.06. The summed E-state index contributed by atoms with van der Waals surface area (Å²) in [7, 11) is -5.83. The van der Waals surface area contributed by atoms with E-state index in [1.807, 2.05) is 0 Å². The van der Waals surface area contributed by atoms with Crippen molar-refractivity contribution >= 4 is 37.9 Å². The zero-order valence-electron chi connectivity index (χ0n) is 13.4. The van der Waals surface area contributed by atoms with Gasteiger partial charge in [-0.25, -0.2) is 13.1 Å². The molecule has 136 valence electrons. The van der Waals surface area contributed by atoms with Crippen molar-refractivity contribution in [1.82, 2.24) is 4.72 Å². The highest BCUT2D eigenvalue weighted by Crippen LogP contribution is 2.34. The molecule has 1 N–H and O–H groups in total. The zero-order chi connectivity index (χ0) is 17.7. The minimum atomic E-state index is -3.70. The van der Waals surface area contributed by atoms with Crippen LogP contribution < -0.4 is 4.72 Å². The van der Waals surface area contributed by atoms with Crippen LogP contribution in [-0.2, 0) is 33.9 Å². The summed E-state index contributed by atoms with van der Waals surface area (Å²) in [6, 6.07) is -0.588. The Morgan fingerprint density at radius 3 is 2.39 bits per heavy atom. The fraction of sp³-hybridized carbons (Fsp3) is 0.917. The Bertz CT molecular complexity index is 602. The Kier molecular flexibility index (Phi) is 7.78. The number of sulfonamides is 1. The molecule has 1 heterocycles. The summed E-state index contributed by atoms with van der Waals surface area (Å²) < 4.78 is 57.7. The van der Waals surface area contributed by atoms with Gasteiger partial charge < -0.3 is 4.74 Å². The van der Waals surface area contributed by atoms with E-state index in [0.717, 1.165) is 12.5 Å². The smallest absolute Gasteiger partial charge is 0.305 e. The van der Waals surface area contributed by atoms with Crippen LogP contribution in [0.3, 0.4) is 0 Å². The highest BCUT2D eigenvalue weighted by Gasteiger charge is 2.40. The molecule has 0 spiro atoms. The van der Waals surface area contributed by atoms with E-state index in [0.29, 0.717) is 31.4 Å². The van der Waals surface area contributed by atoms with Gasteiger partial charge in [0.05, 0.1) is 25.7 Å².